The van der Waals surface area contributed by atoms with Gasteiger partial charge < -0.3 is 15.2 Å². The van der Waals surface area contributed by atoms with Gasteiger partial charge >= 0.3 is 5.97 Å². The van der Waals surface area contributed by atoms with Crippen LogP contribution in [0.3, 0.4) is 0 Å². The van der Waals surface area contributed by atoms with Gasteiger partial charge in [0.1, 0.15) is 11.9 Å². The number of aromatic nitrogens is 3. The zero-order valence-electron chi connectivity index (χ0n) is 22.6. The van der Waals surface area contributed by atoms with E-state index < -0.39 is 12.0 Å². The first-order valence-electron chi connectivity index (χ1n) is 14.2. The van der Waals surface area contributed by atoms with E-state index in [1.165, 1.54) is 12.0 Å². The van der Waals surface area contributed by atoms with Gasteiger partial charge in [-0.1, -0.05) is 31.5 Å². The van der Waals surface area contributed by atoms with E-state index in [-0.39, 0.29) is 11.5 Å². The molecule has 38 heavy (non-hydrogen) atoms. The summed E-state index contributed by atoms with van der Waals surface area (Å²) < 4.78 is 8.00. The first-order chi connectivity index (χ1) is 18.4. The molecule has 1 unspecified atom stereocenters. The van der Waals surface area contributed by atoms with Gasteiger partial charge in [-0.15, -0.1) is 0 Å². The molecule has 4 heterocycles. The highest BCUT2D eigenvalue weighted by atomic mass is 16.5. The Kier molecular flexibility index (Phi) is 6.86. The minimum atomic E-state index is -0.808. The van der Waals surface area contributed by atoms with Crippen molar-refractivity contribution in [2.24, 2.45) is 7.05 Å². The molecule has 8 nitrogen and oxygen atoms in total. The summed E-state index contributed by atoms with van der Waals surface area (Å²) in [5.41, 5.74) is 5.47. The molecule has 0 bridgehead atoms. The third-order valence-corrected chi connectivity index (χ3v) is 8.63. The van der Waals surface area contributed by atoms with Crippen molar-refractivity contribution in [3.05, 3.63) is 52.8 Å². The van der Waals surface area contributed by atoms with Crippen molar-refractivity contribution in [3.8, 4) is 0 Å². The van der Waals surface area contributed by atoms with Crippen LogP contribution in [0.1, 0.15) is 74.0 Å². The Bertz CT molecular complexity index is 1320. The normalized spacial score (nSPS) is 19.5. The number of hydrogen-bond acceptors (Lipinski definition) is 6. The minimum absolute atomic E-state index is 0.0616. The van der Waals surface area contributed by atoms with Crippen LogP contribution in [0, 0.1) is 0 Å². The number of hydrogen-bond donors (Lipinski definition) is 2. The largest absolute Gasteiger partial charge is 0.480 e. The van der Waals surface area contributed by atoms with Gasteiger partial charge in [0, 0.05) is 49.8 Å². The summed E-state index contributed by atoms with van der Waals surface area (Å²) in [6, 6.07) is 9.69. The van der Waals surface area contributed by atoms with Crippen LogP contribution in [0.4, 0.5) is 5.82 Å². The number of benzene rings is 1. The number of nitrogens with one attached hydrogen (secondary N) is 1. The third kappa shape index (κ3) is 4.92. The fraction of sp³-hybridized carbons (Fsp3) is 0.567. The quantitative estimate of drug-likeness (QED) is 0.359. The van der Waals surface area contributed by atoms with Crippen molar-refractivity contribution >= 4 is 22.7 Å². The van der Waals surface area contributed by atoms with Crippen LogP contribution in [-0.4, -0.2) is 63.1 Å². The maximum Gasteiger partial charge on any atom is 0.325 e. The molecular formula is C30H39N5O3. The Morgan fingerprint density at radius 1 is 1.21 bits per heavy atom. The number of rotatable bonds is 11. The molecule has 2 aromatic heterocycles. The number of nitrogens with zero attached hydrogens (tertiary/aromatic N) is 4. The van der Waals surface area contributed by atoms with E-state index in [2.05, 4.69) is 24.4 Å². The van der Waals surface area contributed by atoms with E-state index in [1.54, 1.807) is 0 Å². The fourth-order valence-corrected chi connectivity index (χ4v) is 6.03. The van der Waals surface area contributed by atoms with Gasteiger partial charge in [0.05, 0.1) is 17.3 Å². The molecule has 0 amide bonds. The lowest BCUT2D eigenvalue weighted by molar-refractivity contribution is -0.150. The van der Waals surface area contributed by atoms with Crippen LogP contribution in [0.2, 0.25) is 0 Å². The lowest BCUT2D eigenvalue weighted by atomic mass is 9.92. The number of anilines is 1. The second-order valence-electron chi connectivity index (χ2n) is 11.6. The highest BCUT2D eigenvalue weighted by Gasteiger charge is 2.45. The van der Waals surface area contributed by atoms with E-state index in [1.807, 2.05) is 34.8 Å². The van der Waals surface area contributed by atoms with Gasteiger partial charge in [0.2, 0.25) is 0 Å². The van der Waals surface area contributed by atoms with E-state index in [0.29, 0.717) is 13.1 Å². The molecule has 3 aliphatic rings. The van der Waals surface area contributed by atoms with E-state index in [0.717, 1.165) is 91.8 Å². The number of carboxylic acids is 1. The maximum absolute atomic E-state index is 12.5. The number of aliphatic carboxylic acids is 1. The lowest BCUT2D eigenvalue weighted by Crippen LogP contribution is -2.55. The summed E-state index contributed by atoms with van der Waals surface area (Å²) in [7, 11) is 1.95. The Balaban J connectivity index is 0.996. The summed E-state index contributed by atoms with van der Waals surface area (Å²) >= 11 is 0. The van der Waals surface area contributed by atoms with Crippen LogP contribution in [0.15, 0.2) is 30.3 Å². The highest BCUT2D eigenvalue weighted by molar-refractivity contribution is 5.91. The summed E-state index contributed by atoms with van der Waals surface area (Å²) in [6.07, 6.45) is 8.82. The second kappa shape index (κ2) is 10.3. The Morgan fingerprint density at radius 3 is 2.84 bits per heavy atom. The smallest absolute Gasteiger partial charge is 0.325 e. The summed E-state index contributed by atoms with van der Waals surface area (Å²) in [5, 5.41) is 19.5. The summed E-state index contributed by atoms with van der Waals surface area (Å²) in [6.45, 7) is 5.26. The van der Waals surface area contributed by atoms with Gasteiger partial charge in [-0.25, -0.2) is 4.98 Å². The zero-order chi connectivity index (χ0) is 26.3. The van der Waals surface area contributed by atoms with E-state index in [9.17, 15) is 9.90 Å². The van der Waals surface area contributed by atoms with Crippen LogP contribution in [-0.2, 0) is 34.8 Å². The summed E-state index contributed by atoms with van der Waals surface area (Å²) in [5.74, 6) is 0.265. The number of pyridine rings is 1. The molecule has 202 valence electrons. The van der Waals surface area contributed by atoms with Crippen molar-refractivity contribution in [1.82, 2.24) is 19.7 Å². The number of likely N-dealkylation sites (tertiary alicyclic amines) is 1. The molecule has 0 radical (unpaired) electrons. The molecule has 3 aromatic rings. The van der Waals surface area contributed by atoms with E-state index >= 15 is 0 Å². The molecule has 0 spiro atoms. The highest BCUT2D eigenvalue weighted by Crippen LogP contribution is 2.50. The van der Waals surface area contributed by atoms with Gasteiger partial charge in [-0.3, -0.25) is 14.4 Å². The molecular weight excluding hydrogens is 478 g/mol. The number of carbonyl (C=O) groups is 1. The van der Waals surface area contributed by atoms with Crippen LogP contribution in [0.5, 0.6) is 0 Å². The molecule has 1 aromatic carbocycles. The van der Waals surface area contributed by atoms with Gasteiger partial charge in [-0.05, 0) is 68.2 Å². The molecule has 2 aliphatic heterocycles. The molecule has 1 atom stereocenters. The topological polar surface area (TPSA) is 92.5 Å². The number of carboxylic acid groups (broad SMARTS) is 1. The standard InChI is InChI=1S/C30H39N5O3/c1-30(14-15-30)27-25-23(10-6-11-24(25)34(2)33-27)26(29(36)37)35-18-22(19-35)38-17-5-3-4-9-21-13-12-20-8-7-16-31-28(20)32-21/h6,10-13,22,26H,3-5,7-9,14-19H2,1-2H3,(H,31,32)(H,36,37). The van der Waals surface area contributed by atoms with Crippen molar-refractivity contribution in [3.63, 3.8) is 0 Å². The third-order valence-electron chi connectivity index (χ3n) is 8.63. The fourth-order valence-electron chi connectivity index (χ4n) is 6.03. The second-order valence-corrected chi connectivity index (χ2v) is 11.6. The number of fused-ring (bicyclic) bond motifs is 2. The number of ether oxygens (including phenoxy) is 1. The lowest BCUT2D eigenvalue weighted by Gasteiger charge is -2.42. The Morgan fingerprint density at radius 2 is 2.05 bits per heavy atom. The predicted molar refractivity (Wildman–Crippen MR) is 148 cm³/mol. The van der Waals surface area contributed by atoms with Crippen LogP contribution < -0.4 is 5.32 Å². The average Bonchev–Trinajstić information content (AvgIpc) is 3.54. The molecule has 6 rings (SSSR count). The number of unbranched alkanes of at least 4 members (excludes halogenated alkanes) is 2. The van der Waals surface area contributed by atoms with Crippen molar-refractivity contribution in [2.75, 3.05) is 31.6 Å². The average molecular weight is 518 g/mol. The van der Waals surface area contributed by atoms with Crippen molar-refractivity contribution in [1.29, 1.82) is 0 Å². The molecule has 2 fully saturated rings. The monoisotopic (exact) mass is 517 g/mol. The van der Waals surface area contributed by atoms with Gasteiger partial charge in [-0.2, -0.15) is 5.10 Å². The molecule has 8 heteroatoms. The molecule has 1 saturated heterocycles. The molecule has 2 N–H and O–H groups in total. The number of aryl methyl sites for hydroxylation is 3. The van der Waals surface area contributed by atoms with E-state index in [4.69, 9.17) is 14.8 Å². The van der Waals surface area contributed by atoms with Crippen molar-refractivity contribution in [2.45, 2.75) is 75.9 Å². The molecule has 1 aliphatic carbocycles. The molecule has 1 saturated carbocycles. The van der Waals surface area contributed by atoms with Gasteiger partial charge in [0.25, 0.3) is 0 Å². The predicted octanol–water partition coefficient (Wildman–Crippen LogP) is 4.62. The minimum Gasteiger partial charge on any atom is -0.480 e. The van der Waals surface area contributed by atoms with Crippen LogP contribution in [0.25, 0.3) is 10.9 Å². The van der Waals surface area contributed by atoms with Gasteiger partial charge in [0.15, 0.2) is 0 Å². The van der Waals surface area contributed by atoms with Crippen molar-refractivity contribution < 1.29 is 14.6 Å². The Hall–Kier alpha value is -2.97. The first kappa shape index (κ1) is 25.3. The first-order valence-corrected chi connectivity index (χ1v) is 14.2. The SMILES string of the molecule is Cn1nc(C2(C)CC2)c2c(C(C(=O)O)N3CC(OCCCCCc4ccc5c(n4)NCCC5)C3)cccc21. The Labute approximate surface area is 224 Å². The van der Waals surface area contributed by atoms with Crippen LogP contribution >= 0.6 is 0 Å². The summed E-state index contributed by atoms with van der Waals surface area (Å²) in [4.78, 5) is 19.3. The maximum atomic E-state index is 12.5. The zero-order valence-corrected chi connectivity index (χ0v) is 22.6.